The van der Waals surface area contributed by atoms with Gasteiger partial charge in [0, 0.05) is 6.20 Å². The summed E-state index contributed by atoms with van der Waals surface area (Å²) in [5, 5.41) is 2.65. The van der Waals surface area contributed by atoms with Crippen molar-refractivity contribution in [3.63, 3.8) is 0 Å². The van der Waals surface area contributed by atoms with E-state index in [1.165, 1.54) is 4.90 Å². The quantitative estimate of drug-likeness (QED) is 0.774. The second-order valence-electron chi connectivity index (χ2n) is 4.28. The summed E-state index contributed by atoms with van der Waals surface area (Å²) in [5.41, 5.74) is 1.63. The van der Waals surface area contributed by atoms with Gasteiger partial charge in [0.25, 0.3) is 0 Å². The minimum absolute atomic E-state index is 0.104. The largest absolute Gasteiger partial charge is 0.343 e. The van der Waals surface area contributed by atoms with Crippen molar-refractivity contribution in [3.8, 4) is 0 Å². The summed E-state index contributed by atoms with van der Waals surface area (Å²) in [7, 11) is 0. The first-order chi connectivity index (χ1) is 8.02. The molecule has 17 heavy (non-hydrogen) atoms. The van der Waals surface area contributed by atoms with Gasteiger partial charge in [-0.3, -0.25) is 19.5 Å². The first-order valence-electron chi connectivity index (χ1n) is 5.56. The summed E-state index contributed by atoms with van der Waals surface area (Å²) in [6.45, 7) is 5.30. The van der Waals surface area contributed by atoms with Crippen LogP contribution in [0.2, 0.25) is 0 Å². The van der Waals surface area contributed by atoms with Crippen LogP contribution < -0.4 is 10.2 Å². The van der Waals surface area contributed by atoms with Gasteiger partial charge in [-0.1, -0.05) is 0 Å². The van der Waals surface area contributed by atoms with Crippen molar-refractivity contribution in [2.45, 2.75) is 32.9 Å². The number of nitrogens with one attached hydrogen (secondary N) is 1. The predicted octanol–water partition coefficient (Wildman–Crippen LogP) is 0.630. The molecule has 2 atom stereocenters. The Morgan fingerprint density at radius 3 is 2.71 bits per heavy atom. The molecule has 2 amide bonds. The number of nitrogens with zero attached hydrogens (tertiary/aromatic N) is 2. The van der Waals surface area contributed by atoms with E-state index < -0.39 is 12.1 Å². The van der Waals surface area contributed by atoms with E-state index in [1.807, 2.05) is 13.0 Å². The molecule has 2 heterocycles. The molecule has 1 N–H and O–H groups in total. The Labute approximate surface area is 99.8 Å². The molecule has 90 valence electrons. The maximum atomic E-state index is 12.1. The smallest absolute Gasteiger partial charge is 0.250 e. The Morgan fingerprint density at radius 1 is 1.35 bits per heavy atom. The van der Waals surface area contributed by atoms with Crippen LogP contribution in [0.25, 0.3) is 0 Å². The van der Waals surface area contributed by atoms with Crippen LogP contribution in [0.3, 0.4) is 0 Å². The summed E-state index contributed by atoms with van der Waals surface area (Å²) in [4.78, 5) is 29.4. The molecule has 1 aromatic rings. The van der Waals surface area contributed by atoms with Gasteiger partial charge in [-0.15, -0.1) is 0 Å². The minimum Gasteiger partial charge on any atom is -0.343 e. The topological polar surface area (TPSA) is 62.3 Å². The lowest BCUT2D eigenvalue weighted by molar-refractivity contribution is -0.133. The number of anilines is 1. The van der Waals surface area contributed by atoms with Crippen LogP contribution in [0, 0.1) is 6.92 Å². The molecule has 1 aromatic heterocycles. The standard InChI is InChI=1S/C12H15N3O2/c1-7-4-5-13-6-10(7)15-9(3)11(16)14-8(2)12(15)17/h4-6,8-9H,1-3H3,(H,14,16). The van der Waals surface area contributed by atoms with E-state index in [1.54, 1.807) is 26.2 Å². The molecule has 1 aliphatic rings. The van der Waals surface area contributed by atoms with Gasteiger partial charge in [-0.05, 0) is 32.4 Å². The van der Waals surface area contributed by atoms with Crippen LogP contribution in [-0.4, -0.2) is 28.9 Å². The molecule has 2 rings (SSSR count). The molecular weight excluding hydrogens is 218 g/mol. The third-order valence-corrected chi connectivity index (χ3v) is 3.00. The third-order valence-electron chi connectivity index (χ3n) is 3.00. The van der Waals surface area contributed by atoms with Crippen molar-refractivity contribution < 1.29 is 9.59 Å². The zero-order chi connectivity index (χ0) is 12.6. The number of pyridine rings is 1. The molecule has 0 aliphatic carbocycles. The van der Waals surface area contributed by atoms with Gasteiger partial charge in [-0.2, -0.15) is 0 Å². The van der Waals surface area contributed by atoms with Crippen molar-refractivity contribution in [2.75, 3.05) is 4.90 Å². The average Bonchev–Trinajstić information content (AvgIpc) is 2.29. The van der Waals surface area contributed by atoms with Gasteiger partial charge in [0.1, 0.15) is 12.1 Å². The van der Waals surface area contributed by atoms with Crippen molar-refractivity contribution >= 4 is 17.5 Å². The highest BCUT2D eigenvalue weighted by Crippen LogP contribution is 2.23. The van der Waals surface area contributed by atoms with Gasteiger partial charge in [-0.25, -0.2) is 0 Å². The summed E-state index contributed by atoms with van der Waals surface area (Å²) >= 11 is 0. The Bertz CT molecular complexity index is 473. The molecule has 1 fully saturated rings. The Kier molecular flexibility index (Phi) is 2.83. The fourth-order valence-corrected chi connectivity index (χ4v) is 1.95. The Morgan fingerprint density at radius 2 is 2.06 bits per heavy atom. The maximum absolute atomic E-state index is 12.1. The molecule has 0 radical (unpaired) electrons. The van der Waals surface area contributed by atoms with E-state index in [4.69, 9.17) is 0 Å². The predicted molar refractivity (Wildman–Crippen MR) is 63.5 cm³/mol. The van der Waals surface area contributed by atoms with Gasteiger partial charge in [0.2, 0.25) is 11.8 Å². The number of aryl methyl sites for hydroxylation is 1. The lowest BCUT2D eigenvalue weighted by Gasteiger charge is -2.36. The number of hydrogen-bond acceptors (Lipinski definition) is 3. The lowest BCUT2D eigenvalue weighted by atomic mass is 10.1. The molecule has 1 aliphatic heterocycles. The third kappa shape index (κ3) is 1.88. The van der Waals surface area contributed by atoms with E-state index in [0.29, 0.717) is 5.69 Å². The molecular formula is C12H15N3O2. The number of rotatable bonds is 1. The van der Waals surface area contributed by atoms with Crippen LogP contribution >= 0.6 is 0 Å². The SMILES string of the molecule is Cc1ccncc1N1C(=O)C(C)NC(=O)C1C. The van der Waals surface area contributed by atoms with E-state index >= 15 is 0 Å². The highest BCUT2D eigenvalue weighted by atomic mass is 16.2. The number of piperazine rings is 1. The van der Waals surface area contributed by atoms with Gasteiger partial charge >= 0.3 is 0 Å². The van der Waals surface area contributed by atoms with Crippen LogP contribution in [0.15, 0.2) is 18.5 Å². The number of carbonyl (C=O) groups is 2. The molecule has 1 saturated heterocycles. The van der Waals surface area contributed by atoms with Crippen LogP contribution in [0.5, 0.6) is 0 Å². The molecule has 0 aromatic carbocycles. The average molecular weight is 233 g/mol. The van der Waals surface area contributed by atoms with Crippen molar-refractivity contribution in [1.82, 2.24) is 10.3 Å². The maximum Gasteiger partial charge on any atom is 0.250 e. The van der Waals surface area contributed by atoms with Crippen molar-refractivity contribution in [3.05, 3.63) is 24.0 Å². The van der Waals surface area contributed by atoms with Crippen LogP contribution in [0.4, 0.5) is 5.69 Å². The highest BCUT2D eigenvalue weighted by molar-refractivity contribution is 6.08. The summed E-state index contributed by atoms with van der Waals surface area (Å²) in [6, 6.07) is 0.840. The molecule has 5 nitrogen and oxygen atoms in total. The van der Waals surface area contributed by atoms with E-state index in [2.05, 4.69) is 10.3 Å². The summed E-state index contributed by atoms with van der Waals surface area (Å²) in [6.07, 6.45) is 3.29. The summed E-state index contributed by atoms with van der Waals surface area (Å²) in [5.74, 6) is -0.242. The number of hydrogen-bond donors (Lipinski definition) is 1. The second kappa shape index (κ2) is 4.16. The van der Waals surface area contributed by atoms with Crippen molar-refractivity contribution in [2.24, 2.45) is 0 Å². The van der Waals surface area contributed by atoms with Crippen LogP contribution in [-0.2, 0) is 9.59 Å². The molecule has 5 heteroatoms. The Hall–Kier alpha value is -1.91. The fourth-order valence-electron chi connectivity index (χ4n) is 1.95. The first-order valence-corrected chi connectivity index (χ1v) is 5.56. The van der Waals surface area contributed by atoms with Crippen molar-refractivity contribution in [1.29, 1.82) is 0 Å². The zero-order valence-electron chi connectivity index (χ0n) is 10.1. The fraction of sp³-hybridized carbons (Fsp3) is 0.417. The second-order valence-corrected chi connectivity index (χ2v) is 4.28. The van der Waals surface area contributed by atoms with Gasteiger partial charge in [0.15, 0.2) is 0 Å². The Balaban J connectivity index is 2.45. The molecule has 0 spiro atoms. The normalized spacial score (nSPS) is 24.8. The number of amides is 2. The van der Waals surface area contributed by atoms with E-state index in [-0.39, 0.29) is 11.8 Å². The van der Waals surface area contributed by atoms with Crippen LogP contribution in [0.1, 0.15) is 19.4 Å². The lowest BCUT2D eigenvalue weighted by Crippen LogP contribution is -2.61. The van der Waals surface area contributed by atoms with Gasteiger partial charge in [0.05, 0.1) is 11.9 Å². The first kappa shape index (κ1) is 11.6. The minimum atomic E-state index is -0.499. The zero-order valence-corrected chi connectivity index (χ0v) is 10.1. The van der Waals surface area contributed by atoms with E-state index in [0.717, 1.165) is 5.56 Å². The molecule has 0 saturated carbocycles. The molecule has 0 bridgehead atoms. The van der Waals surface area contributed by atoms with E-state index in [9.17, 15) is 9.59 Å². The monoisotopic (exact) mass is 233 g/mol. The van der Waals surface area contributed by atoms with Gasteiger partial charge < -0.3 is 5.32 Å². The number of carbonyl (C=O) groups excluding carboxylic acids is 2. The summed E-state index contributed by atoms with van der Waals surface area (Å²) < 4.78 is 0. The molecule has 2 unspecified atom stereocenters. The number of aromatic nitrogens is 1. The highest BCUT2D eigenvalue weighted by Gasteiger charge is 2.37.